The van der Waals surface area contributed by atoms with Gasteiger partial charge in [-0.3, -0.25) is 14.2 Å². The average molecular weight is 776 g/mol. The number of nitrogens with zero attached hydrogens (tertiary/aromatic N) is 1. The largest absolute Gasteiger partial charge is 0.756 e. The zero-order chi connectivity index (χ0) is 39.3. The van der Waals surface area contributed by atoms with E-state index in [-0.39, 0.29) is 32.0 Å². The Kier molecular flexibility index (Phi) is 36.0. The lowest BCUT2D eigenvalue weighted by atomic mass is 10.0. The van der Waals surface area contributed by atoms with Crippen LogP contribution < -0.4 is 4.89 Å². The van der Waals surface area contributed by atoms with Gasteiger partial charge in [0.25, 0.3) is 7.82 Å². The molecule has 2 atom stereocenters. The van der Waals surface area contributed by atoms with Crippen molar-refractivity contribution in [1.82, 2.24) is 0 Å². The molecule has 0 saturated heterocycles. The summed E-state index contributed by atoms with van der Waals surface area (Å²) in [6, 6.07) is 0. The number of rotatable bonds is 41. The van der Waals surface area contributed by atoms with Crippen molar-refractivity contribution in [1.29, 1.82) is 0 Å². The monoisotopic (exact) mass is 776 g/mol. The third-order valence-electron chi connectivity index (χ3n) is 9.88. The van der Waals surface area contributed by atoms with Gasteiger partial charge in [0.05, 0.1) is 27.7 Å². The first kappa shape index (κ1) is 52.0. The molecule has 0 aromatic carbocycles. The third-order valence-corrected chi connectivity index (χ3v) is 10.8. The summed E-state index contributed by atoms with van der Waals surface area (Å²) in [5, 5.41) is 0. The SMILES string of the molecule is CCCCCCCCCCCCCCCCCCCC(=O)O[C@H](COC(=O)CCCCCCCCCCCCCC)COP(=O)([O-])OCC[N+](C)(C)C. The summed E-state index contributed by atoms with van der Waals surface area (Å²) in [6.45, 7) is 4.26. The normalized spacial score (nSPS) is 13.5. The number of esters is 2. The van der Waals surface area contributed by atoms with E-state index < -0.39 is 26.5 Å². The van der Waals surface area contributed by atoms with E-state index in [2.05, 4.69) is 13.8 Å². The molecular formula is C43H86NO8P. The van der Waals surface area contributed by atoms with E-state index in [0.717, 1.165) is 32.1 Å². The van der Waals surface area contributed by atoms with Crippen LogP contribution in [-0.2, 0) is 32.7 Å². The molecule has 0 radical (unpaired) electrons. The number of unbranched alkanes of at least 4 members (excludes halogenated alkanes) is 27. The van der Waals surface area contributed by atoms with Crippen LogP contribution in [0.3, 0.4) is 0 Å². The van der Waals surface area contributed by atoms with Crippen molar-refractivity contribution < 1.29 is 42.1 Å². The fourth-order valence-electron chi connectivity index (χ4n) is 6.36. The van der Waals surface area contributed by atoms with Crippen LogP contribution in [0.4, 0.5) is 0 Å². The lowest BCUT2D eigenvalue weighted by molar-refractivity contribution is -0.870. The molecular weight excluding hydrogens is 689 g/mol. The standard InChI is InChI=1S/C43H86NO8P/c1-6-8-10-12-14-16-18-20-21-22-23-24-26-28-30-32-34-36-43(46)52-41(40-51-53(47,48)50-38-37-44(3,4)5)39-49-42(45)35-33-31-29-27-25-19-17-15-13-11-9-7-2/h41H,6-40H2,1-5H3/t41-/m1/s1. The Morgan fingerprint density at radius 3 is 1.21 bits per heavy atom. The molecule has 0 aliphatic heterocycles. The van der Waals surface area contributed by atoms with Crippen LogP contribution in [0.15, 0.2) is 0 Å². The predicted octanol–water partition coefficient (Wildman–Crippen LogP) is 11.8. The Bertz CT molecular complexity index is 881. The summed E-state index contributed by atoms with van der Waals surface area (Å²) < 4.78 is 33.9. The fourth-order valence-corrected chi connectivity index (χ4v) is 7.09. The smallest absolute Gasteiger partial charge is 0.306 e. The number of phosphoric ester groups is 1. The van der Waals surface area contributed by atoms with Crippen LogP contribution in [0.25, 0.3) is 0 Å². The molecule has 0 aliphatic carbocycles. The molecule has 316 valence electrons. The van der Waals surface area contributed by atoms with E-state index in [9.17, 15) is 19.0 Å². The number of carbonyl (C=O) groups excluding carboxylic acids is 2. The zero-order valence-corrected chi connectivity index (χ0v) is 36.4. The maximum Gasteiger partial charge on any atom is 0.306 e. The number of likely N-dealkylation sites (N-methyl/N-ethyl adjacent to an activating group) is 1. The highest BCUT2D eigenvalue weighted by Crippen LogP contribution is 2.38. The Labute approximate surface area is 327 Å². The molecule has 1 unspecified atom stereocenters. The van der Waals surface area contributed by atoms with Gasteiger partial charge in [-0.15, -0.1) is 0 Å². The van der Waals surface area contributed by atoms with Crippen molar-refractivity contribution in [2.24, 2.45) is 0 Å². The second kappa shape index (κ2) is 36.6. The number of phosphoric acid groups is 1. The molecule has 0 aromatic heterocycles. The minimum atomic E-state index is -4.61. The van der Waals surface area contributed by atoms with Crippen LogP contribution in [0.5, 0.6) is 0 Å². The minimum absolute atomic E-state index is 0.0257. The van der Waals surface area contributed by atoms with Crippen molar-refractivity contribution in [3.05, 3.63) is 0 Å². The second-order valence-corrected chi connectivity index (χ2v) is 17.8. The fraction of sp³-hybridized carbons (Fsp3) is 0.953. The van der Waals surface area contributed by atoms with Crippen LogP contribution in [0, 0.1) is 0 Å². The van der Waals surface area contributed by atoms with Gasteiger partial charge >= 0.3 is 11.9 Å². The number of hydrogen-bond donors (Lipinski definition) is 0. The average Bonchev–Trinajstić information content (AvgIpc) is 3.10. The third kappa shape index (κ3) is 40.5. The molecule has 0 bridgehead atoms. The van der Waals surface area contributed by atoms with Crippen LogP contribution in [-0.4, -0.2) is 70.0 Å². The van der Waals surface area contributed by atoms with Gasteiger partial charge in [-0.2, -0.15) is 0 Å². The molecule has 9 nitrogen and oxygen atoms in total. The highest BCUT2D eigenvalue weighted by Gasteiger charge is 2.21. The zero-order valence-electron chi connectivity index (χ0n) is 35.5. The lowest BCUT2D eigenvalue weighted by Gasteiger charge is -2.28. The van der Waals surface area contributed by atoms with E-state index >= 15 is 0 Å². The Balaban J connectivity index is 4.29. The quantitative estimate of drug-likeness (QED) is 0.0261. The summed E-state index contributed by atoms with van der Waals surface area (Å²) in [6.07, 6.45) is 35.5. The van der Waals surface area contributed by atoms with Crippen molar-refractivity contribution in [3.63, 3.8) is 0 Å². The molecule has 10 heteroatoms. The second-order valence-electron chi connectivity index (χ2n) is 16.4. The molecule has 0 amide bonds. The first-order valence-corrected chi connectivity index (χ1v) is 23.7. The van der Waals surface area contributed by atoms with Gasteiger partial charge < -0.3 is 27.9 Å². The number of carbonyl (C=O) groups is 2. The Morgan fingerprint density at radius 2 is 0.849 bits per heavy atom. The summed E-state index contributed by atoms with van der Waals surface area (Å²) in [5.74, 6) is -0.820. The maximum atomic E-state index is 12.7. The summed E-state index contributed by atoms with van der Waals surface area (Å²) in [7, 11) is 1.18. The summed E-state index contributed by atoms with van der Waals surface area (Å²) >= 11 is 0. The topological polar surface area (TPSA) is 111 Å². The van der Waals surface area contributed by atoms with E-state index in [1.807, 2.05) is 21.1 Å². The Hall–Kier alpha value is -0.990. The molecule has 0 N–H and O–H groups in total. The van der Waals surface area contributed by atoms with Gasteiger partial charge in [-0.1, -0.05) is 187 Å². The van der Waals surface area contributed by atoms with Gasteiger partial charge in [0.15, 0.2) is 6.10 Å². The summed E-state index contributed by atoms with van der Waals surface area (Å²) in [4.78, 5) is 37.5. The first-order valence-electron chi connectivity index (χ1n) is 22.2. The van der Waals surface area contributed by atoms with Gasteiger partial charge in [0.2, 0.25) is 0 Å². The van der Waals surface area contributed by atoms with E-state index in [1.54, 1.807) is 0 Å². The molecule has 0 fully saturated rings. The van der Waals surface area contributed by atoms with Crippen LogP contribution >= 0.6 is 7.82 Å². The molecule has 53 heavy (non-hydrogen) atoms. The van der Waals surface area contributed by atoms with E-state index in [0.29, 0.717) is 17.4 Å². The summed E-state index contributed by atoms with van der Waals surface area (Å²) in [5.41, 5.74) is 0. The van der Waals surface area contributed by atoms with E-state index in [1.165, 1.54) is 148 Å². The number of hydrogen-bond acceptors (Lipinski definition) is 8. The highest BCUT2D eigenvalue weighted by atomic mass is 31.2. The maximum absolute atomic E-state index is 12.7. The van der Waals surface area contributed by atoms with Crippen molar-refractivity contribution >= 4 is 19.8 Å². The van der Waals surface area contributed by atoms with Crippen LogP contribution in [0.2, 0.25) is 0 Å². The van der Waals surface area contributed by atoms with Crippen molar-refractivity contribution in [2.45, 2.75) is 219 Å². The molecule has 0 rings (SSSR count). The van der Waals surface area contributed by atoms with Gasteiger partial charge in [0.1, 0.15) is 19.8 Å². The number of quaternary nitrogens is 1. The molecule has 0 heterocycles. The van der Waals surface area contributed by atoms with Crippen LogP contribution in [0.1, 0.15) is 213 Å². The highest BCUT2D eigenvalue weighted by molar-refractivity contribution is 7.45. The first-order chi connectivity index (χ1) is 25.5. The van der Waals surface area contributed by atoms with Gasteiger partial charge in [-0.05, 0) is 12.8 Å². The van der Waals surface area contributed by atoms with E-state index in [4.69, 9.17) is 18.5 Å². The minimum Gasteiger partial charge on any atom is -0.756 e. The number of ether oxygens (including phenoxy) is 2. The Morgan fingerprint density at radius 1 is 0.509 bits per heavy atom. The molecule has 0 aliphatic rings. The molecule has 0 aromatic rings. The van der Waals surface area contributed by atoms with Gasteiger partial charge in [0, 0.05) is 12.8 Å². The van der Waals surface area contributed by atoms with Crippen molar-refractivity contribution in [2.75, 3.05) is 47.5 Å². The molecule has 0 saturated carbocycles. The van der Waals surface area contributed by atoms with Crippen molar-refractivity contribution in [3.8, 4) is 0 Å². The van der Waals surface area contributed by atoms with Gasteiger partial charge in [-0.25, -0.2) is 0 Å². The predicted molar refractivity (Wildman–Crippen MR) is 218 cm³/mol. The molecule has 0 spiro atoms. The lowest BCUT2D eigenvalue weighted by Crippen LogP contribution is -2.37.